The van der Waals surface area contributed by atoms with Gasteiger partial charge < -0.3 is 14.2 Å². The Balaban J connectivity index is 2.59. The third-order valence-corrected chi connectivity index (χ3v) is 2.80. The van der Waals surface area contributed by atoms with Crippen LogP contribution in [0.3, 0.4) is 0 Å². The van der Waals surface area contributed by atoms with Crippen LogP contribution in [0.4, 0.5) is 0 Å². The van der Waals surface area contributed by atoms with Crippen molar-refractivity contribution < 1.29 is 14.3 Å². The monoisotopic (exact) mass is 266 g/mol. The lowest BCUT2D eigenvalue weighted by atomic mass is 10.2. The van der Waals surface area contributed by atoms with Crippen molar-refractivity contribution in [3.63, 3.8) is 0 Å². The van der Waals surface area contributed by atoms with Crippen LogP contribution in [-0.2, 0) is 16.6 Å². The second-order valence-electron chi connectivity index (χ2n) is 4.27. The van der Waals surface area contributed by atoms with Crippen molar-refractivity contribution >= 4 is 11.9 Å². The van der Waals surface area contributed by atoms with Gasteiger partial charge in [0, 0.05) is 44.9 Å². The zero-order chi connectivity index (χ0) is 14.4. The van der Waals surface area contributed by atoms with Gasteiger partial charge in [0.15, 0.2) is 0 Å². The van der Waals surface area contributed by atoms with Crippen LogP contribution in [-0.4, -0.2) is 42.0 Å². The maximum absolute atomic E-state index is 12.0. The van der Waals surface area contributed by atoms with Gasteiger partial charge in [-0.05, 0) is 12.5 Å². The highest BCUT2D eigenvalue weighted by molar-refractivity contribution is 5.93. The highest BCUT2D eigenvalue weighted by Crippen LogP contribution is 2.02. The fourth-order valence-corrected chi connectivity index (χ4v) is 1.57. The standard InChI is InChI=1S/C13H18N2O4/c1-14-8-6-10(9-11(14)16)13(18)15(2)7-4-5-12(17)19-3/h6,8-9H,4-5,7H2,1-3H3. The fourth-order valence-electron chi connectivity index (χ4n) is 1.57. The predicted molar refractivity (Wildman–Crippen MR) is 69.9 cm³/mol. The Morgan fingerprint density at radius 1 is 1.42 bits per heavy atom. The molecule has 0 radical (unpaired) electrons. The molecule has 0 aromatic carbocycles. The van der Waals surface area contributed by atoms with E-state index in [1.54, 1.807) is 26.4 Å². The Morgan fingerprint density at radius 3 is 2.68 bits per heavy atom. The molecule has 6 nitrogen and oxygen atoms in total. The van der Waals surface area contributed by atoms with Crippen molar-refractivity contribution in [3.8, 4) is 0 Å². The van der Waals surface area contributed by atoms with Crippen LogP contribution >= 0.6 is 0 Å². The average molecular weight is 266 g/mol. The highest BCUT2D eigenvalue weighted by atomic mass is 16.5. The van der Waals surface area contributed by atoms with Gasteiger partial charge in [0.1, 0.15) is 0 Å². The first-order chi connectivity index (χ1) is 8.95. The molecule has 19 heavy (non-hydrogen) atoms. The molecule has 0 N–H and O–H groups in total. The van der Waals surface area contributed by atoms with E-state index in [4.69, 9.17) is 0 Å². The zero-order valence-electron chi connectivity index (χ0n) is 11.4. The van der Waals surface area contributed by atoms with Crippen molar-refractivity contribution in [3.05, 3.63) is 34.2 Å². The first-order valence-electron chi connectivity index (χ1n) is 5.94. The number of carbonyl (C=O) groups is 2. The number of aryl methyl sites for hydroxylation is 1. The summed E-state index contributed by atoms with van der Waals surface area (Å²) in [7, 11) is 4.59. The molecule has 0 aliphatic rings. The summed E-state index contributed by atoms with van der Waals surface area (Å²) in [6.07, 6.45) is 2.35. The topological polar surface area (TPSA) is 68.6 Å². The van der Waals surface area contributed by atoms with E-state index in [0.29, 0.717) is 18.5 Å². The highest BCUT2D eigenvalue weighted by Gasteiger charge is 2.12. The lowest BCUT2D eigenvalue weighted by Crippen LogP contribution is -2.29. The van der Waals surface area contributed by atoms with Crippen LogP contribution in [0, 0.1) is 0 Å². The Morgan fingerprint density at radius 2 is 2.11 bits per heavy atom. The maximum Gasteiger partial charge on any atom is 0.305 e. The third-order valence-electron chi connectivity index (χ3n) is 2.80. The molecule has 0 aliphatic carbocycles. The molecule has 1 rings (SSSR count). The van der Waals surface area contributed by atoms with Crippen LogP contribution in [0.2, 0.25) is 0 Å². The number of hydrogen-bond donors (Lipinski definition) is 0. The zero-order valence-corrected chi connectivity index (χ0v) is 11.4. The molecule has 104 valence electrons. The molecule has 1 amide bonds. The van der Waals surface area contributed by atoms with Gasteiger partial charge in [-0.15, -0.1) is 0 Å². The van der Waals surface area contributed by atoms with E-state index in [1.807, 2.05) is 0 Å². The number of aromatic nitrogens is 1. The number of hydrogen-bond acceptors (Lipinski definition) is 4. The van der Waals surface area contributed by atoms with Gasteiger partial charge in [-0.25, -0.2) is 0 Å². The molecule has 6 heteroatoms. The minimum atomic E-state index is -0.297. The van der Waals surface area contributed by atoms with E-state index < -0.39 is 0 Å². The van der Waals surface area contributed by atoms with E-state index in [1.165, 1.54) is 22.6 Å². The Labute approximate surface area is 111 Å². The number of methoxy groups -OCH3 is 1. The predicted octanol–water partition coefficient (Wildman–Crippen LogP) is 0.410. The summed E-state index contributed by atoms with van der Waals surface area (Å²) in [5.41, 5.74) is 0.123. The molecule has 0 saturated carbocycles. The van der Waals surface area contributed by atoms with Gasteiger partial charge in [0.05, 0.1) is 7.11 Å². The van der Waals surface area contributed by atoms with Crippen molar-refractivity contribution in [2.75, 3.05) is 20.7 Å². The van der Waals surface area contributed by atoms with E-state index >= 15 is 0 Å². The molecular formula is C13H18N2O4. The summed E-state index contributed by atoms with van der Waals surface area (Å²) >= 11 is 0. The number of rotatable bonds is 5. The molecule has 0 fully saturated rings. The molecule has 1 aromatic heterocycles. The lowest BCUT2D eigenvalue weighted by Gasteiger charge is -2.16. The van der Waals surface area contributed by atoms with Crippen LogP contribution in [0.1, 0.15) is 23.2 Å². The molecule has 0 saturated heterocycles. The van der Waals surface area contributed by atoms with E-state index in [0.717, 1.165) is 0 Å². The van der Waals surface area contributed by atoms with Gasteiger partial charge in [-0.3, -0.25) is 14.4 Å². The Hall–Kier alpha value is -2.11. The Kier molecular flexibility index (Phi) is 5.29. The molecular weight excluding hydrogens is 248 g/mol. The van der Waals surface area contributed by atoms with Crippen LogP contribution in [0.15, 0.2) is 23.1 Å². The summed E-state index contributed by atoms with van der Waals surface area (Å²) in [5.74, 6) is -0.531. The molecule has 1 heterocycles. The average Bonchev–Trinajstić information content (AvgIpc) is 2.40. The second-order valence-corrected chi connectivity index (χ2v) is 4.27. The summed E-state index contributed by atoms with van der Waals surface area (Å²) in [4.78, 5) is 35.9. The van der Waals surface area contributed by atoms with Crippen molar-refractivity contribution in [1.29, 1.82) is 0 Å². The van der Waals surface area contributed by atoms with Gasteiger partial charge >= 0.3 is 5.97 Å². The minimum Gasteiger partial charge on any atom is -0.469 e. The number of amides is 1. The smallest absolute Gasteiger partial charge is 0.305 e. The summed E-state index contributed by atoms with van der Waals surface area (Å²) in [6.45, 7) is 0.434. The number of nitrogens with zero attached hydrogens (tertiary/aromatic N) is 2. The minimum absolute atomic E-state index is 0.228. The molecule has 0 aliphatic heterocycles. The van der Waals surface area contributed by atoms with E-state index in [2.05, 4.69) is 4.74 Å². The Bertz CT molecular complexity index is 522. The summed E-state index contributed by atoms with van der Waals surface area (Å²) in [5, 5.41) is 0. The van der Waals surface area contributed by atoms with Crippen molar-refractivity contribution in [2.45, 2.75) is 12.8 Å². The second kappa shape index (κ2) is 6.72. The van der Waals surface area contributed by atoms with Gasteiger partial charge in [-0.1, -0.05) is 0 Å². The summed E-state index contributed by atoms with van der Waals surface area (Å²) in [6, 6.07) is 2.90. The normalized spacial score (nSPS) is 10.1. The van der Waals surface area contributed by atoms with E-state index in [9.17, 15) is 14.4 Å². The number of ether oxygens (including phenoxy) is 1. The molecule has 0 bridgehead atoms. The number of carbonyl (C=O) groups excluding carboxylic acids is 2. The van der Waals surface area contributed by atoms with Crippen LogP contribution in [0.5, 0.6) is 0 Å². The number of pyridine rings is 1. The van der Waals surface area contributed by atoms with Crippen LogP contribution in [0.25, 0.3) is 0 Å². The fraction of sp³-hybridized carbons (Fsp3) is 0.462. The quantitative estimate of drug-likeness (QED) is 0.724. The first-order valence-corrected chi connectivity index (χ1v) is 5.94. The first kappa shape index (κ1) is 14.9. The molecule has 0 spiro atoms. The maximum atomic E-state index is 12.0. The number of esters is 1. The molecule has 0 unspecified atom stereocenters. The van der Waals surface area contributed by atoms with Crippen molar-refractivity contribution in [1.82, 2.24) is 9.47 Å². The molecule has 1 aromatic rings. The van der Waals surface area contributed by atoms with E-state index in [-0.39, 0.29) is 23.9 Å². The lowest BCUT2D eigenvalue weighted by molar-refractivity contribution is -0.140. The SMILES string of the molecule is COC(=O)CCCN(C)C(=O)c1ccn(C)c(=O)c1. The summed E-state index contributed by atoms with van der Waals surface area (Å²) < 4.78 is 5.92. The largest absolute Gasteiger partial charge is 0.469 e. The van der Waals surface area contributed by atoms with Crippen LogP contribution < -0.4 is 5.56 Å². The van der Waals surface area contributed by atoms with Gasteiger partial charge in [0.2, 0.25) is 0 Å². The third kappa shape index (κ3) is 4.24. The van der Waals surface area contributed by atoms with Gasteiger partial charge in [-0.2, -0.15) is 0 Å². The molecule has 0 atom stereocenters. The van der Waals surface area contributed by atoms with Gasteiger partial charge in [0.25, 0.3) is 11.5 Å². The van der Waals surface area contributed by atoms with Crippen molar-refractivity contribution in [2.24, 2.45) is 7.05 Å².